The first kappa shape index (κ1) is 13.1. The van der Waals surface area contributed by atoms with Crippen LogP contribution >= 0.6 is 0 Å². The Morgan fingerprint density at radius 3 is 3.00 bits per heavy atom. The summed E-state index contributed by atoms with van der Waals surface area (Å²) in [7, 11) is -1.99. The number of nitrogens with one attached hydrogen (secondary N) is 1. The van der Waals surface area contributed by atoms with Crippen molar-refractivity contribution in [2.45, 2.75) is 6.42 Å². The highest BCUT2D eigenvalue weighted by Crippen LogP contribution is 2.31. The maximum absolute atomic E-state index is 12.1. The first-order chi connectivity index (χ1) is 8.54. The molecule has 0 saturated heterocycles. The maximum Gasteiger partial charge on any atom is 0.301 e. The molecule has 1 heterocycles. The number of nitrogens with two attached hydrogens (primary N) is 1. The molecule has 100 valence electrons. The van der Waals surface area contributed by atoms with Gasteiger partial charge in [-0.05, 0) is 24.1 Å². The predicted octanol–water partition coefficient (Wildman–Crippen LogP) is 0.112. The summed E-state index contributed by atoms with van der Waals surface area (Å²) < 4.78 is 32.9. The molecule has 0 spiro atoms. The second kappa shape index (κ2) is 5.13. The second-order valence-corrected chi connectivity index (χ2v) is 5.78. The van der Waals surface area contributed by atoms with Gasteiger partial charge in [-0.1, -0.05) is 6.07 Å². The average molecular weight is 271 g/mol. The molecule has 1 aromatic carbocycles. The van der Waals surface area contributed by atoms with Crippen LogP contribution in [0.25, 0.3) is 0 Å². The van der Waals surface area contributed by atoms with Crippen LogP contribution in [-0.4, -0.2) is 35.2 Å². The summed E-state index contributed by atoms with van der Waals surface area (Å²) in [5.41, 5.74) is 7.93. The Morgan fingerprint density at radius 1 is 1.50 bits per heavy atom. The zero-order chi connectivity index (χ0) is 13.2. The minimum atomic E-state index is -3.51. The first-order valence-corrected chi connectivity index (χ1v) is 7.13. The number of methoxy groups -OCH3 is 1. The summed E-state index contributed by atoms with van der Waals surface area (Å²) in [6.45, 7) is 1.05. The summed E-state index contributed by atoms with van der Waals surface area (Å²) >= 11 is 0. The van der Waals surface area contributed by atoms with Crippen LogP contribution in [0, 0.1) is 0 Å². The van der Waals surface area contributed by atoms with Crippen molar-refractivity contribution in [2.75, 3.05) is 36.8 Å². The highest BCUT2D eigenvalue weighted by molar-refractivity contribution is 7.90. The van der Waals surface area contributed by atoms with Gasteiger partial charge < -0.3 is 10.5 Å². The Hall–Kier alpha value is -1.31. The SMILES string of the molecule is COCCNS(=O)(=O)N1CCc2ccc(N)cc21. The van der Waals surface area contributed by atoms with Crippen LogP contribution < -0.4 is 14.8 Å². The van der Waals surface area contributed by atoms with E-state index in [1.54, 1.807) is 12.1 Å². The van der Waals surface area contributed by atoms with E-state index in [2.05, 4.69) is 4.72 Å². The van der Waals surface area contributed by atoms with Gasteiger partial charge in [-0.2, -0.15) is 13.1 Å². The monoisotopic (exact) mass is 271 g/mol. The first-order valence-electron chi connectivity index (χ1n) is 5.69. The Balaban J connectivity index is 2.19. The van der Waals surface area contributed by atoms with E-state index in [1.165, 1.54) is 11.4 Å². The molecule has 18 heavy (non-hydrogen) atoms. The fraction of sp³-hybridized carbons (Fsp3) is 0.455. The van der Waals surface area contributed by atoms with Crippen LogP contribution in [0.4, 0.5) is 11.4 Å². The molecule has 6 nitrogen and oxygen atoms in total. The fourth-order valence-electron chi connectivity index (χ4n) is 1.97. The molecule has 0 unspecified atom stereocenters. The molecule has 0 amide bonds. The van der Waals surface area contributed by atoms with E-state index in [1.807, 2.05) is 6.07 Å². The van der Waals surface area contributed by atoms with Crippen LogP contribution in [0.5, 0.6) is 0 Å². The lowest BCUT2D eigenvalue weighted by Gasteiger charge is -2.20. The number of fused-ring (bicyclic) bond motifs is 1. The van der Waals surface area contributed by atoms with Gasteiger partial charge >= 0.3 is 10.2 Å². The van der Waals surface area contributed by atoms with Gasteiger partial charge in [-0.25, -0.2) is 0 Å². The fourth-order valence-corrected chi connectivity index (χ4v) is 3.22. The van der Waals surface area contributed by atoms with Crippen molar-refractivity contribution >= 4 is 21.6 Å². The van der Waals surface area contributed by atoms with Gasteiger partial charge in [0.1, 0.15) is 0 Å². The van der Waals surface area contributed by atoms with Crippen molar-refractivity contribution in [1.82, 2.24) is 4.72 Å². The van der Waals surface area contributed by atoms with Crippen molar-refractivity contribution in [1.29, 1.82) is 0 Å². The maximum atomic E-state index is 12.1. The molecule has 1 aromatic rings. The van der Waals surface area contributed by atoms with Crippen molar-refractivity contribution in [3.05, 3.63) is 23.8 Å². The summed E-state index contributed by atoms with van der Waals surface area (Å²) in [5.74, 6) is 0. The van der Waals surface area contributed by atoms with Crippen molar-refractivity contribution in [3.8, 4) is 0 Å². The summed E-state index contributed by atoms with van der Waals surface area (Å²) in [5, 5.41) is 0. The van der Waals surface area contributed by atoms with Gasteiger partial charge in [-0.3, -0.25) is 4.31 Å². The zero-order valence-electron chi connectivity index (χ0n) is 10.2. The number of hydrogen-bond donors (Lipinski definition) is 2. The average Bonchev–Trinajstić information content (AvgIpc) is 2.72. The Morgan fingerprint density at radius 2 is 2.28 bits per heavy atom. The topological polar surface area (TPSA) is 84.7 Å². The lowest BCUT2D eigenvalue weighted by atomic mass is 10.1. The van der Waals surface area contributed by atoms with Crippen LogP contribution in [0.2, 0.25) is 0 Å². The Bertz CT molecular complexity index is 530. The summed E-state index contributed by atoms with van der Waals surface area (Å²) in [6, 6.07) is 5.35. The molecule has 1 aliphatic heterocycles. The third-order valence-electron chi connectivity index (χ3n) is 2.84. The molecule has 0 radical (unpaired) electrons. The molecule has 7 heteroatoms. The normalized spacial score (nSPS) is 14.8. The number of benzene rings is 1. The molecule has 2 rings (SSSR count). The number of ether oxygens (including phenoxy) is 1. The highest BCUT2D eigenvalue weighted by Gasteiger charge is 2.28. The van der Waals surface area contributed by atoms with Crippen LogP contribution in [-0.2, 0) is 21.4 Å². The number of nitrogen functional groups attached to an aromatic ring is 1. The number of nitrogens with zero attached hydrogens (tertiary/aromatic N) is 1. The van der Waals surface area contributed by atoms with Crippen LogP contribution in [0.1, 0.15) is 5.56 Å². The Labute approximate surface area is 107 Å². The molecule has 1 aliphatic rings. The third kappa shape index (κ3) is 2.58. The minimum Gasteiger partial charge on any atom is -0.399 e. The number of anilines is 2. The van der Waals surface area contributed by atoms with Crippen LogP contribution in [0.3, 0.4) is 0 Å². The van der Waals surface area contributed by atoms with E-state index in [0.717, 1.165) is 5.56 Å². The molecular weight excluding hydrogens is 254 g/mol. The van der Waals surface area contributed by atoms with Gasteiger partial charge in [0.25, 0.3) is 0 Å². The predicted molar refractivity (Wildman–Crippen MR) is 70.7 cm³/mol. The van der Waals surface area contributed by atoms with Gasteiger partial charge in [-0.15, -0.1) is 0 Å². The zero-order valence-corrected chi connectivity index (χ0v) is 11.0. The molecule has 0 fully saturated rings. The van der Waals surface area contributed by atoms with Gasteiger partial charge in [0, 0.05) is 25.9 Å². The molecule has 0 aromatic heterocycles. The quantitative estimate of drug-likeness (QED) is 0.588. The van der Waals surface area contributed by atoms with Crippen molar-refractivity contribution < 1.29 is 13.2 Å². The second-order valence-electron chi connectivity index (χ2n) is 4.10. The highest BCUT2D eigenvalue weighted by atomic mass is 32.2. The Kier molecular flexibility index (Phi) is 3.74. The molecular formula is C11H17N3O3S. The molecule has 0 saturated carbocycles. The van der Waals surface area contributed by atoms with Crippen molar-refractivity contribution in [3.63, 3.8) is 0 Å². The summed E-state index contributed by atoms with van der Waals surface area (Å²) in [6.07, 6.45) is 0.709. The molecule has 0 aliphatic carbocycles. The third-order valence-corrected chi connectivity index (χ3v) is 4.37. The van der Waals surface area contributed by atoms with Crippen LogP contribution in [0.15, 0.2) is 18.2 Å². The number of rotatable bonds is 5. The van der Waals surface area contributed by atoms with E-state index in [4.69, 9.17) is 10.5 Å². The van der Waals surface area contributed by atoms with Gasteiger partial charge in [0.15, 0.2) is 0 Å². The minimum absolute atomic E-state index is 0.257. The molecule has 0 bridgehead atoms. The van der Waals surface area contributed by atoms with E-state index >= 15 is 0 Å². The molecule has 0 atom stereocenters. The molecule has 3 N–H and O–H groups in total. The standard InChI is InChI=1S/C11H17N3O3S/c1-17-7-5-13-18(15,16)14-6-4-9-2-3-10(12)8-11(9)14/h2-3,8,13H,4-7,12H2,1H3. The van der Waals surface area contributed by atoms with Gasteiger partial charge in [0.05, 0.1) is 12.3 Å². The van der Waals surface area contributed by atoms with E-state index in [-0.39, 0.29) is 6.54 Å². The lowest BCUT2D eigenvalue weighted by Crippen LogP contribution is -2.41. The van der Waals surface area contributed by atoms with Crippen molar-refractivity contribution in [2.24, 2.45) is 0 Å². The van der Waals surface area contributed by atoms with E-state index < -0.39 is 10.2 Å². The lowest BCUT2D eigenvalue weighted by molar-refractivity contribution is 0.204. The smallest absolute Gasteiger partial charge is 0.301 e. The van der Waals surface area contributed by atoms with Gasteiger partial charge in [0.2, 0.25) is 0 Å². The summed E-state index contributed by atoms with van der Waals surface area (Å²) in [4.78, 5) is 0. The largest absolute Gasteiger partial charge is 0.399 e. The number of hydrogen-bond acceptors (Lipinski definition) is 4. The van der Waals surface area contributed by atoms with E-state index in [9.17, 15) is 8.42 Å². The van der Waals surface area contributed by atoms with E-state index in [0.29, 0.717) is 30.9 Å².